The Labute approximate surface area is 197 Å². The predicted molar refractivity (Wildman–Crippen MR) is 125 cm³/mol. The summed E-state index contributed by atoms with van der Waals surface area (Å²) in [6, 6.07) is 15.6. The minimum absolute atomic E-state index is 0.0160. The van der Waals surface area contributed by atoms with Crippen LogP contribution in [0.2, 0.25) is 0 Å². The summed E-state index contributed by atoms with van der Waals surface area (Å²) in [6.45, 7) is 2.38. The van der Waals surface area contributed by atoms with Crippen LogP contribution in [0, 0.1) is 6.92 Å². The molecule has 0 saturated carbocycles. The standard InChI is InChI=1S/C25H28N4O5/c1-16-12-21(28(2)27-16)25(32)26-19-8-6-18(7-9-19)24(31)22-14-34-15-23(30)29(22)13-17-4-10-20(33-3)11-5-17/h4-12,22,24,31H,13-15H2,1-3H3,(H,26,32)/t22-,24-/m1/s1. The molecule has 0 radical (unpaired) electrons. The Morgan fingerprint density at radius 3 is 2.56 bits per heavy atom. The van der Waals surface area contributed by atoms with Gasteiger partial charge in [-0.3, -0.25) is 14.3 Å². The molecule has 2 aromatic carbocycles. The lowest BCUT2D eigenvalue weighted by Crippen LogP contribution is -2.51. The number of aliphatic hydroxyl groups is 1. The Bertz CT molecular complexity index is 1160. The molecule has 1 aliphatic rings. The summed E-state index contributed by atoms with van der Waals surface area (Å²) in [6.07, 6.45) is -0.952. The first-order valence-electron chi connectivity index (χ1n) is 11.0. The first kappa shape index (κ1) is 23.5. The zero-order chi connectivity index (χ0) is 24.2. The second-order valence-electron chi connectivity index (χ2n) is 8.27. The molecule has 0 unspecified atom stereocenters. The van der Waals surface area contributed by atoms with E-state index in [4.69, 9.17) is 9.47 Å². The van der Waals surface area contributed by atoms with Crippen molar-refractivity contribution in [2.24, 2.45) is 7.05 Å². The number of aromatic nitrogens is 2. The minimum Gasteiger partial charge on any atom is -0.497 e. The molecule has 2 amide bonds. The molecule has 2 N–H and O–H groups in total. The molecule has 1 aromatic heterocycles. The highest BCUT2D eigenvalue weighted by Crippen LogP contribution is 2.27. The second kappa shape index (κ2) is 10.1. The zero-order valence-corrected chi connectivity index (χ0v) is 19.4. The van der Waals surface area contributed by atoms with Crippen molar-refractivity contribution in [3.63, 3.8) is 0 Å². The van der Waals surface area contributed by atoms with Crippen molar-refractivity contribution in [2.75, 3.05) is 25.6 Å². The SMILES string of the molecule is COc1ccc(CN2C(=O)COC[C@@H]2[C@H](O)c2ccc(NC(=O)c3cc(C)nn3C)cc2)cc1. The number of anilines is 1. The highest BCUT2D eigenvalue weighted by atomic mass is 16.5. The fourth-order valence-electron chi connectivity index (χ4n) is 4.02. The van der Waals surface area contributed by atoms with E-state index in [-0.39, 0.29) is 25.0 Å². The molecule has 2 atom stereocenters. The number of aryl methyl sites for hydroxylation is 2. The van der Waals surface area contributed by atoms with E-state index >= 15 is 0 Å². The Morgan fingerprint density at radius 2 is 1.94 bits per heavy atom. The molecule has 34 heavy (non-hydrogen) atoms. The van der Waals surface area contributed by atoms with E-state index in [1.807, 2.05) is 31.2 Å². The summed E-state index contributed by atoms with van der Waals surface area (Å²) in [4.78, 5) is 26.8. The lowest BCUT2D eigenvalue weighted by Gasteiger charge is -2.38. The van der Waals surface area contributed by atoms with Crippen LogP contribution in [0.4, 0.5) is 5.69 Å². The Morgan fingerprint density at radius 1 is 1.24 bits per heavy atom. The molecule has 1 saturated heterocycles. The second-order valence-corrected chi connectivity index (χ2v) is 8.27. The third kappa shape index (κ3) is 5.11. The summed E-state index contributed by atoms with van der Waals surface area (Å²) in [5.41, 5.74) is 3.35. The number of hydrogen-bond acceptors (Lipinski definition) is 6. The molecule has 0 aliphatic carbocycles. The molecule has 4 rings (SSSR count). The number of methoxy groups -OCH3 is 1. The number of nitrogens with zero attached hydrogens (tertiary/aromatic N) is 3. The van der Waals surface area contributed by atoms with Crippen LogP contribution in [0.15, 0.2) is 54.6 Å². The number of amides is 2. The van der Waals surface area contributed by atoms with Crippen LogP contribution >= 0.6 is 0 Å². The van der Waals surface area contributed by atoms with Gasteiger partial charge in [0.15, 0.2) is 0 Å². The van der Waals surface area contributed by atoms with Crippen LogP contribution < -0.4 is 10.1 Å². The molecule has 0 spiro atoms. The first-order chi connectivity index (χ1) is 16.4. The first-order valence-corrected chi connectivity index (χ1v) is 11.0. The highest BCUT2D eigenvalue weighted by Gasteiger charge is 2.34. The smallest absolute Gasteiger partial charge is 0.273 e. The number of benzene rings is 2. The van der Waals surface area contributed by atoms with Crippen molar-refractivity contribution < 1.29 is 24.2 Å². The maximum atomic E-state index is 12.6. The summed E-state index contributed by atoms with van der Waals surface area (Å²) in [5, 5.41) is 18.1. The van der Waals surface area contributed by atoms with Crippen molar-refractivity contribution in [2.45, 2.75) is 25.6 Å². The van der Waals surface area contributed by atoms with E-state index < -0.39 is 12.1 Å². The highest BCUT2D eigenvalue weighted by molar-refractivity contribution is 6.03. The van der Waals surface area contributed by atoms with Crippen molar-refractivity contribution in [1.82, 2.24) is 14.7 Å². The quantitative estimate of drug-likeness (QED) is 0.557. The molecule has 0 bridgehead atoms. The van der Waals surface area contributed by atoms with E-state index in [1.165, 1.54) is 4.68 Å². The average Bonchev–Trinajstić information content (AvgIpc) is 3.19. The fraction of sp³-hybridized carbons (Fsp3) is 0.320. The van der Waals surface area contributed by atoms with Gasteiger partial charge in [-0.25, -0.2) is 0 Å². The van der Waals surface area contributed by atoms with Crippen LogP contribution in [0.1, 0.15) is 33.4 Å². The predicted octanol–water partition coefficient (Wildman–Crippen LogP) is 2.45. The van der Waals surface area contributed by atoms with E-state index in [1.54, 1.807) is 49.4 Å². The number of carbonyl (C=O) groups excluding carboxylic acids is 2. The van der Waals surface area contributed by atoms with Gasteiger partial charge in [-0.2, -0.15) is 5.10 Å². The van der Waals surface area contributed by atoms with Crippen molar-refractivity contribution in [3.8, 4) is 5.75 Å². The summed E-state index contributed by atoms with van der Waals surface area (Å²) in [5.74, 6) is 0.286. The van der Waals surface area contributed by atoms with Crippen LogP contribution in [0.5, 0.6) is 5.75 Å². The summed E-state index contributed by atoms with van der Waals surface area (Å²) >= 11 is 0. The topological polar surface area (TPSA) is 106 Å². The van der Waals surface area contributed by atoms with Gasteiger partial charge in [0.1, 0.15) is 24.2 Å². The third-order valence-electron chi connectivity index (χ3n) is 5.86. The normalized spacial score (nSPS) is 16.9. The number of aliphatic hydroxyl groups excluding tert-OH is 1. The van der Waals surface area contributed by atoms with Gasteiger partial charge in [0, 0.05) is 19.3 Å². The summed E-state index contributed by atoms with van der Waals surface area (Å²) < 4.78 is 12.2. The van der Waals surface area contributed by atoms with Gasteiger partial charge in [-0.1, -0.05) is 24.3 Å². The molecular formula is C25H28N4O5. The zero-order valence-electron chi connectivity index (χ0n) is 19.4. The van der Waals surface area contributed by atoms with Gasteiger partial charge in [0.05, 0.1) is 25.5 Å². The lowest BCUT2D eigenvalue weighted by atomic mass is 9.99. The molecule has 1 aliphatic heterocycles. The average molecular weight is 465 g/mol. The van der Waals surface area contributed by atoms with Crippen LogP contribution in [0.25, 0.3) is 0 Å². The van der Waals surface area contributed by atoms with Gasteiger partial charge in [0.2, 0.25) is 5.91 Å². The number of carbonyl (C=O) groups is 2. The number of hydrogen-bond donors (Lipinski definition) is 2. The van der Waals surface area contributed by atoms with Crippen LogP contribution in [-0.4, -0.2) is 58.0 Å². The Balaban J connectivity index is 1.46. The summed E-state index contributed by atoms with van der Waals surface area (Å²) in [7, 11) is 3.32. The van der Waals surface area contributed by atoms with E-state index in [0.717, 1.165) is 17.0 Å². The van der Waals surface area contributed by atoms with Gasteiger partial charge in [-0.15, -0.1) is 0 Å². The van der Waals surface area contributed by atoms with Crippen LogP contribution in [-0.2, 0) is 23.1 Å². The number of morpholine rings is 1. The van der Waals surface area contributed by atoms with Crippen LogP contribution in [0.3, 0.4) is 0 Å². The molecule has 3 aromatic rings. The van der Waals surface area contributed by atoms with E-state index in [2.05, 4.69) is 10.4 Å². The monoisotopic (exact) mass is 464 g/mol. The fourth-order valence-corrected chi connectivity index (χ4v) is 4.02. The molecule has 2 heterocycles. The molecule has 1 fully saturated rings. The van der Waals surface area contributed by atoms with Gasteiger partial charge in [0.25, 0.3) is 5.91 Å². The molecule has 178 valence electrons. The van der Waals surface area contributed by atoms with Gasteiger partial charge >= 0.3 is 0 Å². The maximum absolute atomic E-state index is 12.6. The van der Waals surface area contributed by atoms with Gasteiger partial charge < -0.3 is 24.8 Å². The van der Waals surface area contributed by atoms with E-state index in [9.17, 15) is 14.7 Å². The van der Waals surface area contributed by atoms with Crippen molar-refractivity contribution >= 4 is 17.5 Å². The molecular weight excluding hydrogens is 436 g/mol. The number of ether oxygens (including phenoxy) is 2. The van der Waals surface area contributed by atoms with E-state index in [0.29, 0.717) is 23.5 Å². The number of nitrogens with one attached hydrogen (secondary N) is 1. The third-order valence-corrected chi connectivity index (χ3v) is 5.86. The largest absolute Gasteiger partial charge is 0.497 e. The molecule has 9 nitrogen and oxygen atoms in total. The maximum Gasteiger partial charge on any atom is 0.273 e. The number of rotatable bonds is 7. The van der Waals surface area contributed by atoms with Crippen molar-refractivity contribution in [3.05, 3.63) is 77.1 Å². The van der Waals surface area contributed by atoms with Crippen molar-refractivity contribution in [1.29, 1.82) is 0 Å². The Kier molecular flexibility index (Phi) is 6.95. The minimum atomic E-state index is -0.952. The molecule has 9 heteroatoms. The Hall–Kier alpha value is -3.69. The lowest BCUT2D eigenvalue weighted by molar-refractivity contribution is -0.155. The van der Waals surface area contributed by atoms with Gasteiger partial charge in [-0.05, 0) is 48.4 Å².